The molecule has 0 amide bonds. The molecule has 2 aromatic heterocycles. The van der Waals surface area contributed by atoms with Gasteiger partial charge in [0, 0.05) is 16.3 Å². The molecule has 0 fully saturated rings. The number of benzene rings is 1. The molecule has 0 aliphatic heterocycles. The maximum atomic E-state index is 4.44. The first-order chi connectivity index (χ1) is 7.86. The summed E-state index contributed by atoms with van der Waals surface area (Å²) in [7, 11) is 0. The SMILES string of the molecule is CC.Cc1ccnc2c1sc1ccccc12. The van der Waals surface area contributed by atoms with E-state index in [0.717, 1.165) is 5.52 Å². The monoisotopic (exact) mass is 229 g/mol. The van der Waals surface area contributed by atoms with Crippen molar-refractivity contribution in [1.29, 1.82) is 0 Å². The molecule has 0 aliphatic carbocycles. The Bertz CT molecular complexity index is 610. The normalized spacial score (nSPS) is 10.2. The highest BCUT2D eigenvalue weighted by molar-refractivity contribution is 7.25. The van der Waals surface area contributed by atoms with Crippen LogP contribution in [0, 0.1) is 6.92 Å². The Kier molecular flexibility index (Phi) is 3.20. The van der Waals surface area contributed by atoms with Crippen LogP contribution in [0.3, 0.4) is 0 Å². The van der Waals surface area contributed by atoms with E-state index in [1.54, 1.807) is 0 Å². The number of fused-ring (bicyclic) bond motifs is 3. The van der Waals surface area contributed by atoms with Crippen LogP contribution in [-0.2, 0) is 0 Å². The summed E-state index contributed by atoms with van der Waals surface area (Å²) in [5.74, 6) is 0. The molecule has 3 rings (SSSR count). The lowest BCUT2D eigenvalue weighted by atomic mass is 10.2. The number of thiophene rings is 1. The average Bonchev–Trinajstić information content (AvgIpc) is 2.72. The fourth-order valence-corrected chi connectivity index (χ4v) is 2.86. The molecular formula is C14H15NS. The molecule has 2 heteroatoms. The predicted octanol–water partition coefficient (Wildman–Crippen LogP) is 4.78. The molecule has 1 nitrogen and oxygen atoms in total. The molecular weight excluding hydrogens is 214 g/mol. The summed E-state index contributed by atoms with van der Waals surface area (Å²) in [5, 5.41) is 1.27. The fraction of sp³-hybridized carbons (Fsp3) is 0.214. The van der Waals surface area contributed by atoms with Gasteiger partial charge < -0.3 is 0 Å². The van der Waals surface area contributed by atoms with Crippen molar-refractivity contribution in [3.63, 3.8) is 0 Å². The first kappa shape index (κ1) is 11.1. The highest BCUT2D eigenvalue weighted by atomic mass is 32.1. The first-order valence-corrected chi connectivity index (χ1v) is 6.41. The molecule has 2 heterocycles. The topological polar surface area (TPSA) is 12.9 Å². The van der Waals surface area contributed by atoms with Gasteiger partial charge in [-0.2, -0.15) is 0 Å². The van der Waals surface area contributed by atoms with Gasteiger partial charge in [-0.1, -0.05) is 32.0 Å². The van der Waals surface area contributed by atoms with Gasteiger partial charge in [-0.25, -0.2) is 0 Å². The zero-order valence-corrected chi connectivity index (χ0v) is 10.6. The van der Waals surface area contributed by atoms with Crippen molar-refractivity contribution in [1.82, 2.24) is 4.98 Å². The van der Waals surface area contributed by atoms with Crippen LogP contribution < -0.4 is 0 Å². The Morgan fingerprint density at radius 1 is 1.06 bits per heavy atom. The van der Waals surface area contributed by atoms with Gasteiger partial charge in [0.2, 0.25) is 0 Å². The number of pyridine rings is 1. The molecule has 0 spiro atoms. The van der Waals surface area contributed by atoms with Crippen molar-refractivity contribution in [3.8, 4) is 0 Å². The number of nitrogens with zero attached hydrogens (tertiary/aromatic N) is 1. The van der Waals surface area contributed by atoms with Crippen LogP contribution in [0.4, 0.5) is 0 Å². The van der Waals surface area contributed by atoms with Gasteiger partial charge in [-0.3, -0.25) is 4.98 Å². The van der Waals surface area contributed by atoms with Crippen LogP contribution in [0.1, 0.15) is 19.4 Å². The van der Waals surface area contributed by atoms with Crippen LogP contribution in [0.25, 0.3) is 20.3 Å². The first-order valence-electron chi connectivity index (χ1n) is 5.59. The van der Waals surface area contributed by atoms with E-state index in [0.29, 0.717) is 0 Å². The lowest BCUT2D eigenvalue weighted by Crippen LogP contribution is -1.75. The average molecular weight is 229 g/mol. The maximum absolute atomic E-state index is 4.44. The summed E-state index contributed by atoms with van der Waals surface area (Å²) in [6.45, 7) is 6.14. The van der Waals surface area contributed by atoms with Gasteiger partial charge in [-0.05, 0) is 24.6 Å². The van der Waals surface area contributed by atoms with E-state index in [1.807, 2.05) is 31.4 Å². The number of hydrogen-bond donors (Lipinski definition) is 0. The third-order valence-corrected chi connectivity index (χ3v) is 3.75. The largest absolute Gasteiger partial charge is 0.255 e. The number of rotatable bonds is 0. The second-order valence-corrected chi connectivity index (χ2v) is 4.46. The highest BCUT2D eigenvalue weighted by Gasteiger charge is 2.06. The van der Waals surface area contributed by atoms with Crippen molar-refractivity contribution >= 4 is 31.6 Å². The molecule has 3 aromatic rings. The van der Waals surface area contributed by atoms with Crippen LogP contribution in [0.5, 0.6) is 0 Å². The third kappa shape index (κ3) is 1.69. The van der Waals surface area contributed by atoms with E-state index in [9.17, 15) is 0 Å². The Morgan fingerprint density at radius 2 is 1.81 bits per heavy atom. The van der Waals surface area contributed by atoms with Crippen LogP contribution in [0.2, 0.25) is 0 Å². The molecule has 0 saturated carbocycles. The highest BCUT2D eigenvalue weighted by Crippen LogP contribution is 2.33. The van der Waals surface area contributed by atoms with E-state index in [2.05, 4.69) is 42.2 Å². The van der Waals surface area contributed by atoms with Crippen LogP contribution in [0.15, 0.2) is 36.5 Å². The molecule has 0 atom stereocenters. The Balaban J connectivity index is 0.000000457. The molecule has 0 aliphatic rings. The van der Waals surface area contributed by atoms with Crippen molar-refractivity contribution < 1.29 is 0 Å². The van der Waals surface area contributed by atoms with Crippen molar-refractivity contribution in [2.45, 2.75) is 20.8 Å². The summed E-state index contributed by atoms with van der Waals surface area (Å²) in [6, 6.07) is 10.5. The minimum atomic E-state index is 1.14. The van der Waals surface area contributed by atoms with Gasteiger partial charge in [0.15, 0.2) is 0 Å². The van der Waals surface area contributed by atoms with Gasteiger partial charge in [-0.15, -0.1) is 11.3 Å². The Labute approximate surface area is 99.8 Å². The zero-order chi connectivity index (χ0) is 11.5. The third-order valence-electron chi connectivity index (χ3n) is 2.46. The molecule has 0 saturated heterocycles. The summed E-state index contributed by atoms with van der Waals surface area (Å²) >= 11 is 1.83. The fourth-order valence-electron chi connectivity index (χ4n) is 1.73. The lowest BCUT2D eigenvalue weighted by Gasteiger charge is -1.92. The molecule has 0 N–H and O–H groups in total. The number of aryl methyl sites for hydroxylation is 1. The Morgan fingerprint density at radius 3 is 2.62 bits per heavy atom. The number of aromatic nitrogens is 1. The quantitative estimate of drug-likeness (QED) is 0.540. The van der Waals surface area contributed by atoms with Crippen molar-refractivity contribution in [3.05, 3.63) is 42.1 Å². The van der Waals surface area contributed by atoms with Crippen molar-refractivity contribution in [2.75, 3.05) is 0 Å². The molecule has 82 valence electrons. The van der Waals surface area contributed by atoms with Crippen LogP contribution in [-0.4, -0.2) is 4.98 Å². The standard InChI is InChI=1S/C12H9NS.C2H6/c1-8-6-7-13-11-9-4-2-3-5-10(9)14-12(8)11;1-2/h2-7H,1H3;1-2H3. The minimum absolute atomic E-state index is 1.14. The van der Waals surface area contributed by atoms with Gasteiger partial charge in [0.25, 0.3) is 0 Å². The van der Waals surface area contributed by atoms with E-state index in [1.165, 1.54) is 20.3 Å². The lowest BCUT2D eigenvalue weighted by molar-refractivity contribution is 1.39. The van der Waals surface area contributed by atoms with E-state index in [4.69, 9.17) is 0 Å². The summed E-state index contributed by atoms with van der Waals surface area (Å²) in [6.07, 6.45) is 1.89. The van der Waals surface area contributed by atoms with Gasteiger partial charge >= 0.3 is 0 Å². The molecule has 0 unspecified atom stereocenters. The van der Waals surface area contributed by atoms with Gasteiger partial charge in [0.1, 0.15) is 0 Å². The summed E-state index contributed by atoms with van der Waals surface area (Å²) in [4.78, 5) is 4.44. The molecule has 16 heavy (non-hydrogen) atoms. The molecule has 0 radical (unpaired) electrons. The Hall–Kier alpha value is -1.41. The predicted molar refractivity (Wildman–Crippen MR) is 73.2 cm³/mol. The van der Waals surface area contributed by atoms with E-state index >= 15 is 0 Å². The van der Waals surface area contributed by atoms with E-state index in [-0.39, 0.29) is 0 Å². The van der Waals surface area contributed by atoms with Gasteiger partial charge in [0.05, 0.1) is 10.2 Å². The summed E-state index contributed by atoms with van der Waals surface area (Å²) in [5.41, 5.74) is 2.46. The molecule has 1 aromatic carbocycles. The van der Waals surface area contributed by atoms with Crippen molar-refractivity contribution in [2.24, 2.45) is 0 Å². The summed E-state index contributed by atoms with van der Waals surface area (Å²) < 4.78 is 2.64. The maximum Gasteiger partial charge on any atom is 0.0891 e. The second-order valence-electron chi connectivity index (χ2n) is 3.40. The van der Waals surface area contributed by atoms with E-state index < -0.39 is 0 Å². The second kappa shape index (κ2) is 4.62. The smallest absolute Gasteiger partial charge is 0.0891 e. The molecule has 0 bridgehead atoms. The minimum Gasteiger partial charge on any atom is -0.255 e. The number of hydrogen-bond acceptors (Lipinski definition) is 2. The van der Waals surface area contributed by atoms with Crippen LogP contribution >= 0.6 is 11.3 Å². The zero-order valence-electron chi connectivity index (χ0n) is 9.82.